The van der Waals surface area contributed by atoms with Gasteiger partial charge in [-0.05, 0) is 73.8 Å². The lowest BCUT2D eigenvalue weighted by atomic mass is 10.0. The Morgan fingerprint density at radius 2 is 1.45 bits per heavy atom. The molecular formula is C42H49N9O7. The van der Waals surface area contributed by atoms with Crippen LogP contribution in [0.2, 0.25) is 0 Å². The highest BCUT2D eigenvalue weighted by molar-refractivity contribution is 6.24. The Hall–Kier alpha value is -6.19. The minimum Gasteiger partial charge on any atom is -0.453 e. The van der Waals surface area contributed by atoms with Gasteiger partial charge in [0.05, 0.1) is 54.3 Å². The molecule has 16 heteroatoms. The Morgan fingerprint density at radius 3 is 2.07 bits per heavy atom. The van der Waals surface area contributed by atoms with Gasteiger partial charge in [0, 0.05) is 30.8 Å². The molecule has 4 N–H and O–H groups in total. The number of benzene rings is 2. The quantitative estimate of drug-likeness (QED) is 0.114. The molecule has 0 radical (unpaired) electrons. The molecule has 0 aliphatic carbocycles. The van der Waals surface area contributed by atoms with Crippen LogP contribution in [0.4, 0.5) is 16.2 Å². The van der Waals surface area contributed by atoms with Crippen molar-refractivity contribution in [2.45, 2.75) is 84.0 Å². The predicted octanol–water partition coefficient (Wildman–Crippen LogP) is 5.31. The first-order chi connectivity index (χ1) is 28.0. The second kappa shape index (κ2) is 15.6. The van der Waals surface area contributed by atoms with Crippen LogP contribution in [-0.2, 0) is 30.3 Å². The van der Waals surface area contributed by atoms with Crippen LogP contribution in [0.25, 0.3) is 22.5 Å². The van der Waals surface area contributed by atoms with E-state index in [9.17, 15) is 24.0 Å². The summed E-state index contributed by atoms with van der Waals surface area (Å²) < 4.78 is 11.4. The molecule has 8 rings (SSSR count). The third-order valence-corrected chi connectivity index (χ3v) is 11.8. The first-order valence-corrected chi connectivity index (χ1v) is 20.0. The van der Waals surface area contributed by atoms with Crippen molar-refractivity contribution in [1.29, 1.82) is 0 Å². The number of nitrogens with zero attached hydrogens (tertiary/aromatic N) is 5. The van der Waals surface area contributed by atoms with Crippen molar-refractivity contribution >= 4 is 41.5 Å². The number of methoxy groups -OCH3 is 1. The Balaban J connectivity index is 0.994. The average Bonchev–Trinajstić information content (AvgIpc) is 4.07. The van der Waals surface area contributed by atoms with Crippen molar-refractivity contribution in [1.82, 2.24) is 40.4 Å². The summed E-state index contributed by atoms with van der Waals surface area (Å²) in [6, 6.07) is 8.10. The third kappa shape index (κ3) is 6.94. The maximum atomic E-state index is 13.7. The molecule has 4 atom stereocenters. The SMILES string of the molecule is COC(=O)N[C@H](C(=O)N1CCC[C@H]1c1ncc(-c2ccc3c4c2CCN4c2ccc(-c4cnc([C@@H]5CCCN5C(=O)[C@@H](NC(=O)C=O)C(C)C)[nH]4)cc2O3)[nH]1)C(C)C. The number of alkyl carbamates (subject to hydrolysis) is 1. The maximum Gasteiger partial charge on any atom is 0.407 e. The lowest BCUT2D eigenvalue weighted by molar-refractivity contribution is -0.140. The summed E-state index contributed by atoms with van der Waals surface area (Å²) in [5, 5.41) is 5.26. The Labute approximate surface area is 336 Å². The van der Waals surface area contributed by atoms with E-state index < -0.39 is 24.1 Å². The highest BCUT2D eigenvalue weighted by Crippen LogP contribution is 2.54. The molecule has 2 aromatic heterocycles. The number of anilines is 2. The normalized spacial score (nSPS) is 19.1. The fraction of sp³-hybridized carbons (Fsp3) is 0.452. The summed E-state index contributed by atoms with van der Waals surface area (Å²) in [7, 11) is 1.29. The van der Waals surface area contributed by atoms with Gasteiger partial charge in [-0.2, -0.15) is 0 Å². The Kier molecular flexibility index (Phi) is 10.4. The number of aromatic nitrogens is 4. The van der Waals surface area contributed by atoms with Gasteiger partial charge in [-0.3, -0.25) is 19.2 Å². The number of hydrogen-bond donors (Lipinski definition) is 4. The number of carbonyl (C=O) groups is 5. The summed E-state index contributed by atoms with van der Waals surface area (Å²) in [6.07, 6.45) is 7.08. The van der Waals surface area contributed by atoms with E-state index in [2.05, 4.69) is 37.6 Å². The molecule has 2 aromatic carbocycles. The van der Waals surface area contributed by atoms with Crippen molar-refractivity contribution < 1.29 is 33.4 Å². The lowest BCUT2D eigenvalue weighted by Gasteiger charge is -2.30. The number of aldehydes is 1. The van der Waals surface area contributed by atoms with Gasteiger partial charge in [-0.15, -0.1) is 0 Å². The van der Waals surface area contributed by atoms with E-state index in [-0.39, 0.29) is 42.0 Å². The summed E-state index contributed by atoms with van der Waals surface area (Å²) >= 11 is 0. The molecule has 4 amide bonds. The number of rotatable bonds is 11. The molecule has 58 heavy (non-hydrogen) atoms. The smallest absolute Gasteiger partial charge is 0.407 e. The van der Waals surface area contributed by atoms with E-state index in [4.69, 9.17) is 19.4 Å². The minimum absolute atomic E-state index is 0.121. The molecule has 2 fully saturated rings. The van der Waals surface area contributed by atoms with E-state index in [0.717, 1.165) is 89.6 Å². The number of hydrogen-bond acceptors (Lipinski definition) is 10. The van der Waals surface area contributed by atoms with Crippen molar-refractivity contribution in [2.24, 2.45) is 11.8 Å². The molecule has 4 aliphatic heterocycles. The second-order valence-corrected chi connectivity index (χ2v) is 16.1. The Morgan fingerprint density at radius 1 is 0.828 bits per heavy atom. The van der Waals surface area contributed by atoms with Crippen molar-refractivity contribution in [3.63, 3.8) is 0 Å². The lowest BCUT2D eigenvalue weighted by Crippen LogP contribution is -2.51. The van der Waals surface area contributed by atoms with Crippen LogP contribution in [0, 0.1) is 11.8 Å². The number of fused-ring (bicyclic) bond motifs is 2. The van der Waals surface area contributed by atoms with Crippen molar-refractivity contribution in [3.05, 3.63) is 59.9 Å². The summed E-state index contributed by atoms with van der Waals surface area (Å²) in [5.41, 5.74) is 6.71. The summed E-state index contributed by atoms with van der Waals surface area (Å²) in [5.74, 6) is 1.35. The van der Waals surface area contributed by atoms with Gasteiger partial charge >= 0.3 is 6.09 Å². The van der Waals surface area contributed by atoms with E-state index in [0.29, 0.717) is 24.7 Å². The fourth-order valence-corrected chi connectivity index (χ4v) is 8.86. The van der Waals surface area contributed by atoms with Crippen LogP contribution in [0.5, 0.6) is 11.5 Å². The van der Waals surface area contributed by atoms with Crippen LogP contribution in [0.15, 0.2) is 42.7 Å². The average molecular weight is 792 g/mol. The molecule has 4 aliphatic rings. The first-order valence-electron chi connectivity index (χ1n) is 20.0. The molecule has 0 saturated carbocycles. The number of carbonyl (C=O) groups excluding carboxylic acids is 5. The van der Waals surface area contributed by atoms with Crippen LogP contribution in [0.1, 0.15) is 82.7 Å². The highest BCUT2D eigenvalue weighted by atomic mass is 16.5. The topological polar surface area (TPSA) is 195 Å². The van der Waals surface area contributed by atoms with E-state index >= 15 is 0 Å². The zero-order valence-electron chi connectivity index (χ0n) is 33.3. The van der Waals surface area contributed by atoms with Crippen LogP contribution in [0.3, 0.4) is 0 Å². The van der Waals surface area contributed by atoms with E-state index in [1.54, 1.807) is 11.1 Å². The van der Waals surface area contributed by atoms with Gasteiger partial charge in [0.15, 0.2) is 11.5 Å². The van der Waals surface area contributed by atoms with Crippen LogP contribution >= 0.6 is 0 Å². The van der Waals surface area contributed by atoms with Crippen LogP contribution in [-0.4, -0.2) is 98.7 Å². The van der Waals surface area contributed by atoms with Gasteiger partial charge in [0.1, 0.15) is 23.7 Å². The predicted molar refractivity (Wildman–Crippen MR) is 213 cm³/mol. The number of amides is 4. The minimum atomic E-state index is -0.812. The van der Waals surface area contributed by atoms with E-state index in [1.165, 1.54) is 7.11 Å². The summed E-state index contributed by atoms with van der Waals surface area (Å²) in [6.45, 7) is 9.36. The molecule has 0 bridgehead atoms. The molecular weight excluding hydrogens is 743 g/mol. The molecule has 16 nitrogen and oxygen atoms in total. The highest BCUT2D eigenvalue weighted by Gasteiger charge is 2.40. The first kappa shape index (κ1) is 38.7. The van der Waals surface area contributed by atoms with Gasteiger partial charge in [-0.1, -0.05) is 33.8 Å². The summed E-state index contributed by atoms with van der Waals surface area (Å²) in [4.78, 5) is 84.5. The number of aromatic amines is 2. The maximum absolute atomic E-state index is 13.7. The van der Waals surface area contributed by atoms with Crippen molar-refractivity contribution in [2.75, 3.05) is 31.6 Å². The number of likely N-dealkylation sites (tertiary alicyclic amines) is 2. The molecule has 0 unspecified atom stereocenters. The van der Waals surface area contributed by atoms with E-state index in [1.807, 2.05) is 57.0 Å². The molecule has 6 heterocycles. The monoisotopic (exact) mass is 791 g/mol. The van der Waals surface area contributed by atoms with Crippen LogP contribution < -0.4 is 20.3 Å². The third-order valence-electron chi connectivity index (χ3n) is 11.8. The fourth-order valence-electron chi connectivity index (χ4n) is 8.86. The molecule has 304 valence electrons. The van der Waals surface area contributed by atoms with Gasteiger partial charge in [-0.25, -0.2) is 14.8 Å². The van der Waals surface area contributed by atoms with Gasteiger partial charge < -0.3 is 44.8 Å². The van der Waals surface area contributed by atoms with Crippen molar-refractivity contribution in [3.8, 4) is 34.0 Å². The largest absolute Gasteiger partial charge is 0.453 e. The molecule has 0 spiro atoms. The van der Waals surface area contributed by atoms with Gasteiger partial charge in [0.2, 0.25) is 18.1 Å². The molecule has 4 aromatic rings. The zero-order valence-corrected chi connectivity index (χ0v) is 33.3. The standard InChI is InChI=1S/C42H49N9O7/c1-22(2)35(47-34(53)21-52)40(54)50-15-6-8-30(50)38-43-19-27(45-38)24-10-12-29-33(18-24)58-32-13-11-25(26-14-17-49(29)37(26)32)28-20-44-39(46-28)31-9-7-16-51(31)41(55)36(23(3)4)48-42(56)57-5/h10-13,18-23,30-31,35-36H,6-9,14-17H2,1-5H3,(H,43,45)(H,44,46)(H,47,53)(H,48,56)/t30-,31-,35-,36-/m0/s1. The Bertz CT molecular complexity index is 2260. The number of H-pyrrole nitrogens is 2. The number of imidazole rings is 2. The zero-order chi connectivity index (χ0) is 40.8. The number of nitrogens with one attached hydrogen (secondary N) is 4. The van der Waals surface area contributed by atoms with Gasteiger partial charge in [0.25, 0.3) is 5.91 Å². The number of ether oxygens (including phenoxy) is 2. The second-order valence-electron chi connectivity index (χ2n) is 16.1. The molecule has 2 saturated heterocycles.